The quantitative estimate of drug-likeness (QED) is 0.611. The van der Waals surface area contributed by atoms with Gasteiger partial charge in [-0.1, -0.05) is 50.2 Å². The van der Waals surface area contributed by atoms with Gasteiger partial charge < -0.3 is 14.2 Å². The maximum absolute atomic E-state index is 13.4. The van der Waals surface area contributed by atoms with Crippen LogP contribution in [0.3, 0.4) is 0 Å². The minimum atomic E-state index is -0.420. The number of carbonyl (C=O) groups excluding carboxylic acids is 1. The molecule has 5 heteroatoms. The van der Waals surface area contributed by atoms with E-state index in [1.54, 1.807) is 17.0 Å². The van der Waals surface area contributed by atoms with Gasteiger partial charge in [-0.2, -0.15) is 0 Å². The van der Waals surface area contributed by atoms with Crippen molar-refractivity contribution in [1.29, 1.82) is 0 Å². The molecule has 0 unspecified atom stereocenters. The first kappa shape index (κ1) is 20.4. The van der Waals surface area contributed by atoms with Crippen molar-refractivity contribution in [3.05, 3.63) is 81.2 Å². The van der Waals surface area contributed by atoms with E-state index in [0.717, 1.165) is 18.5 Å². The van der Waals surface area contributed by atoms with Crippen molar-refractivity contribution in [2.24, 2.45) is 0 Å². The lowest BCUT2D eigenvalue weighted by atomic mass is 9.95. The van der Waals surface area contributed by atoms with Gasteiger partial charge >= 0.3 is 0 Å². The number of benzene rings is 2. The van der Waals surface area contributed by atoms with Gasteiger partial charge in [0, 0.05) is 6.54 Å². The molecule has 5 nitrogen and oxygen atoms in total. The first-order chi connectivity index (χ1) is 14.4. The molecular weight excluding hydrogens is 376 g/mol. The molecule has 1 aliphatic rings. The zero-order chi connectivity index (χ0) is 21.4. The smallest absolute Gasteiger partial charge is 0.290 e. The number of hydrogen-bond acceptors (Lipinski definition) is 4. The third kappa shape index (κ3) is 3.54. The summed E-state index contributed by atoms with van der Waals surface area (Å²) in [6.45, 7) is 5.73. The second kappa shape index (κ2) is 8.07. The summed E-state index contributed by atoms with van der Waals surface area (Å²) in [4.78, 5) is 30.6. The molecule has 0 spiro atoms. The Bertz CT molecular complexity index is 1130. The van der Waals surface area contributed by atoms with Gasteiger partial charge in [-0.25, -0.2) is 0 Å². The molecule has 0 radical (unpaired) electrons. The fourth-order valence-corrected chi connectivity index (χ4v) is 4.16. The Labute approximate surface area is 176 Å². The summed E-state index contributed by atoms with van der Waals surface area (Å²) in [7, 11) is 4.03. The molecule has 0 N–H and O–H groups in total. The first-order valence-electron chi connectivity index (χ1n) is 10.5. The SMILES string of the molecule is CC(C)c1ccc([C@H]2c3c(oc4ccccc4c3=O)C(=O)N2CCCN(C)C)cc1. The highest BCUT2D eigenvalue weighted by atomic mass is 16.3. The number of para-hydroxylation sites is 1. The van der Waals surface area contributed by atoms with Crippen molar-refractivity contribution in [3.8, 4) is 0 Å². The van der Waals surface area contributed by atoms with E-state index in [1.807, 2.05) is 38.4 Å². The number of amides is 1. The van der Waals surface area contributed by atoms with Crippen LogP contribution in [0.4, 0.5) is 0 Å². The zero-order valence-electron chi connectivity index (χ0n) is 18.0. The van der Waals surface area contributed by atoms with Crippen LogP contribution < -0.4 is 5.43 Å². The van der Waals surface area contributed by atoms with E-state index in [-0.39, 0.29) is 17.1 Å². The Hall–Kier alpha value is -2.92. The van der Waals surface area contributed by atoms with Gasteiger partial charge in [0.1, 0.15) is 5.58 Å². The Morgan fingerprint density at radius 1 is 1.03 bits per heavy atom. The minimum absolute atomic E-state index is 0.117. The highest BCUT2D eigenvalue weighted by molar-refractivity contribution is 5.99. The van der Waals surface area contributed by atoms with Crippen LogP contribution in [-0.4, -0.2) is 42.9 Å². The number of rotatable bonds is 6. The standard InChI is InChI=1S/C25H28N2O3/c1-16(2)17-10-12-18(13-11-17)22-21-23(28)19-8-5-6-9-20(19)30-24(21)25(29)27(22)15-7-14-26(3)4/h5-6,8-13,16,22H,7,14-15H2,1-4H3/t22-/m0/s1. The van der Waals surface area contributed by atoms with E-state index in [4.69, 9.17) is 4.42 Å². The molecule has 2 heterocycles. The van der Waals surface area contributed by atoms with Crippen molar-refractivity contribution in [3.63, 3.8) is 0 Å². The average molecular weight is 405 g/mol. The van der Waals surface area contributed by atoms with Gasteiger partial charge in [-0.15, -0.1) is 0 Å². The highest BCUT2D eigenvalue weighted by Crippen LogP contribution is 2.38. The predicted octanol–water partition coefficient (Wildman–Crippen LogP) is 4.41. The van der Waals surface area contributed by atoms with Crippen molar-refractivity contribution >= 4 is 16.9 Å². The molecule has 0 aliphatic carbocycles. The summed E-state index contributed by atoms with van der Waals surface area (Å²) < 4.78 is 5.97. The molecule has 4 rings (SSSR count). The third-order valence-corrected chi connectivity index (χ3v) is 5.80. The van der Waals surface area contributed by atoms with Crippen LogP contribution in [-0.2, 0) is 0 Å². The van der Waals surface area contributed by atoms with Crippen LogP contribution in [0.2, 0.25) is 0 Å². The lowest BCUT2D eigenvalue weighted by molar-refractivity contribution is 0.0722. The summed E-state index contributed by atoms with van der Waals surface area (Å²) in [6, 6.07) is 15.0. The van der Waals surface area contributed by atoms with Crippen molar-refractivity contribution < 1.29 is 9.21 Å². The molecule has 1 aromatic heterocycles. The summed E-state index contributed by atoms with van der Waals surface area (Å²) in [6.07, 6.45) is 0.820. The maximum Gasteiger partial charge on any atom is 0.290 e. The number of nitrogens with zero attached hydrogens (tertiary/aromatic N) is 2. The maximum atomic E-state index is 13.4. The van der Waals surface area contributed by atoms with E-state index in [9.17, 15) is 9.59 Å². The van der Waals surface area contributed by atoms with Gasteiger partial charge in [-0.05, 0) is 56.2 Å². The fraction of sp³-hybridized carbons (Fsp3) is 0.360. The van der Waals surface area contributed by atoms with Crippen molar-refractivity contribution in [1.82, 2.24) is 9.80 Å². The lowest BCUT2D eigenvalue weighted by Gasteiger charge is -2.26. The predicted molar refractivity (Wildman–Crippen MR) is 119 cm³/mol. The summed E-state index contributed by atoms with van der Waals surface area (Å²) in [5.41, 5.74) is 2.97. The molecule has 2 aromatic carbocycles. The van der Waals surface area contributed by atoms with Gasteiger partial charge in [0.25, 0.3) is 5.91 Å². The van der Waals surface area contributed by atoms with Gasteiger partial charge in [-0.3, -0.25) is 9.59 Å². The monoisotopic (exact) mass is 404 g/mol. The average Bonchev–Trinajstić information content (AvgIpc) is 3.00. The second-order valence-electron chi connectivity index (χ2n) is 8.55. The molecule has 30 heavy (non-hydrogen) atoms. The molecule has 1 amide bonds. The van der Waals surface area contributed by atoms with E-state index < -0.39 is 6.04 Å². The van der Waals surface area contributed by atoms with Crippen LogP contribution in [0.25, 0.3) is 11.0 Å². The highest BCUT2D eigenvalue weighted by Gasteiger charge is 2.42. The van der Waals surface area contributed by atoms with Crippen molar-refractivity contribution in [2.45, 2.75) is 32.2 Å². The Morgan fingerprint density at radius 3 is 2.40 bits per heavy atom. The minimum Gasteiger partial charge on any atom is -0.450 e. The molecular formula is C25H28N2O3. The van der Waals surface area contributed by atoms with Crippen LogP contribution in [0.1, 0.15) is 59.5 Å². The van der Waals surface area contributed by atoms with E-state index >= 15 is 0 Å². The Kier molecular flexibility index (Phi) is 5.48. The van der Waals surface area contributed by atoms with Crippen LogP contribution in [0, 0.1) is 0 Å². The van der Waals surface area contributed by atoms with Gasteiger partial charge in [0.2, 0.25) is 5.76 Å². The van der Waals surface area contributed by atoms with E-state index in [2.05, 4.69) is 30.9 Å². The van der Waals surface area contributed by atoms with Crippen molar-refractivity contribution in [2.75, 3.05) is 27.2 Å². The molecule has 1 atom stereocenters. The number of fused-ring (bicyclic) bond motifs is 2. The Balaban J connectivity index is 1.84. The summed E-state index contributed by atoms with van der Waals surface area (Å²) >= 11 is 0. The molecule has 3 aromatic rings. The largest absolute Gasteiger partial charge is 0.450 e. The van der Waals surface area contributed by atoms with Crippen LogP contribution >= 0.6 is 0 Å². The summed E-state index contributed by atoms with van der Waals surface area (Å²) in [5.74, 6) is 0.396. The zero-order valence-corrected chi connectivity index (χ0v) is 18.0. The number of carbonyl (C=O) groups is 1. The van der Waals surface area contributed by atoms with E-state index in [0.29, 0.717) is 29.0 Å². The van der Waals surface area contributed by atoms with Gasteiger partial charge in [0.15, 0.2) is 5.43 Å². The lowest BCUT2D eigenvalue weighted by Crippen LogP contribution is -2.32. The summed E-state index contributed by atoms with van der Waals surface area (Å²) in [5, 5.41) is 0.517. The third-order valence-electron chi connectivity index (χ3n) is 5.80. The second-order valence-corrected chi connectivity index (χ2v) is 8.55. The first-order valence-corrected chi connectivity index (χ1v) is 10.5. The van der Waals surface area contributed by atoms with E-state index in [1.165, 1.54) is 5.56 Å². The molecule has 0 saturated heterocycles. The topological polar surface area (TPSA) is 53.8 Å². The van der Waals surface area contributed by atoms with Crippen LogP contribution in [0.15, 0.2) is 57.7 Å². The number of hydrogen-bond donors (Lipinski definition) is 0. The normalized spacial score (nSPS) is 16.1. The molecule has 0 saturated carbocycles. The van der Waals surface area contributed by atoms with Gasteiger partial charge in [0.05, 0.1) is 17.0 Å². The molecule has 0 bridgehead atoms. The van der Waals surface area contributed by atoms with Crippen LogP contribution in [0.5, 0.6) is 0 Å². The molecule has 0 fully saturated rings. The molecule has 156 valence electrons. The fourth-order valence-electron chi connectivity index (χ4n) is 4.16. The Morgan fingerprint density at radius 2 is 1.73 bits per heavy atom. The molecule has 1 aliphatic heterocycles.